The summed E-state index contributed by atoms with van der Waals surface area (Å²) in [6.07, 6.45) is -4.37. The van der Waals surface area contributed by atoms with Crippen molar-refractivity contribution < 1.29 is 31.2 Å². The molecule has 1 heterocycles. The second-order valence-electron chi connectivity index (χ2n) is 8.17. The number of carbonyl (C=O) groups is 1. The average molecular weight is 537 g/mol. The molecule has 0 radical (unpaired) electrons. The van der Waals surface area contributed by atoms with E-state index < -0.39 is 39.2 Å². The first-order chi connectivity index (χ1) is 15.6. The summed E-state index contributed by atoms with van der Waals surface area (Å²) < 4.78 is 65.5. The first-order valence-electron chi connectivity index (χ1n) is 10.0. The summed E-state index contributed by atoms with van der Waals surface area (Å²) in [6.45, 7) is 3.02. The van der Waals surface area contributed by atoms with Crippen LogP contribution in [0.1, 0.15) is 40.4 Å². The molecule has 3 rings (SSSR count). The van der Waals surface area contributed by atoms with Crippen LogP contribution in [0.25, 0.3) is 0 Å². The lowest BCUT2D eigenvalue weighted by atomic mass is 9.86. The van der Waals surface area contributed by atoms with Gasteiger partial charge < -0.3 is 10.2 Å². The lowest BCUT2D eigenvalue weighted by Crippen LogP contribution is -2.42. The number of benzene rings is 2. The molecule has 12 heteroatoms. The Bertz CT molecular complexity index is 1250. The summed E-state index contributed by atoms with van der Waals surface area (Å²) in [4.78, 5) is 17.5. The molecule has 1 aliphatic rings. The van der Waals surface area contributed by atoms with Gasteiger partial charge in [-0.2, -0.15) is 13.2 Å². The minimum Gasteiger partial charge on any atom is -0.374 e. The van der Waals surface area contributed by atoms with E-state index in [1.807, 2.05) is 0 Å². The molecular formula is C22H21Cl2F3N2O4S. The van der Waals surface area contributed by atoms with E-state index in [0.717, 1.165) is 18.4 Å². The quantitative estimate of drug-likeness (QED) is 0.559. The summed E-state index contributed by atoms with van der Waals surface area (Å²) in [7, 11) is -3.31. The number of rotatable bonds is 6. The Kier molecular flexibility index (Phi) is 7.27. The van der Waals surface area contributed by atoms with Gasteiger partial charge in [-0.25, -0.2) is 8.42 Å². The zero-order valence-corrected chi connectivity index (χ0v) is 20.7. The molecule has 184 valence electrons. The number of nitrogens with one attached hydrogen (secondary N) is 1. The molecule has 0 saturated carbocycles. The van der Waals surface area contributed by atoms with E-state index >= 15 is 0 Å². The number of halogens is 5. The van der Waals surface area contributed by atoms with E-state index in [0.29, 0.717) is 11.1 Å². The van der Waals surface area contributed by atoms with Crippen molar-refractivity contribution in [3.05, 3.63) is 68.7 Å². The SMILES string of the molecule is Cc1cc(C2=NOC(c3cc(Cl)cc(Cl)c3)(C(F)(F)F)C2)ccc1C(=O)NCC(C)S(C)(=O)=O. The Morgan fingerprint density at radius 3 is 2.35 bits per heavy atom. The van der Waals surface area contributed by atoms with Crippen LogP contribution in [-0.2, 0) is 20.3 Å². The van der Waals surface area contributed by atoms with Crippen molar-refractivity contribution in [3.63, 3.8) is 0 Å². The topological polar surface area (TPSA) is 84.8 Å². The van der Waals surface area contributed by atoms with Gasteiger partial charge in [0.1, 0.15) is 0 Å². The molecule has 1 aliphatic heterocycles. The van der Waals surface area contributed by atoms with Gasteiger partial charge in [-0.15, -0.1) is 0 Å². The lowest BCUT2D eigenvalue weighted by molar-refractivity contribution is -0.275. The highest BCUT2D eigenvalue weighted by molar-refractivity contribution is 7.91. The smallest absolute Gasteiger partial charge is 0.374 e. The monoisotopic (exact) mass is 536 g/mol. The predicted octanol–water partition coefficient (Wildman–Crippen LogP) is 5.05. The third kappa shape index (κ3) is 5.34. The summed E-state index contributed by atoms with van der Waals surface area (Å²) in [5.41, 5.74) is -1.92. The molecule has 2 unspecified atom stereocenters. The molecule has 6 nitrogen and oxygen atoms in total. The van der Waals surface area contributed by atoms with E-state index in [4.69, 9.17) is 28.0 Å². The molecule has 1 amide bonds. The van der Waals surface area contributed by atoms with Gasteiger partial charge in [-0.1, -0.05) is 34.4 Å². The fourth-order valence-electron chi connectivity index (χ4n) is 3.43. The molecule has 0 bridgehead atoms. The molecule has 0 aromatic heterocycles. The van der Waals surface area contributed by atoms with Crippen molar-refractivity contribution in [1.82, 2.24) is 5.32 Å². The molecule has 1 N–H and O–H groups in total. The van der Waals surface area contributed by atoms with Crippen molar-refractivity contribution in [2.75, 3.05) is 12.8 Å². The van der Waals surface area contributed by atoms with Crippen molar-refractivity contribution in [1.29, 1.82) is 0 Å². The standard InChI is InChI=1S/C22H21Cl2F3N2O4S/c1-12-6-14(4-5-18(12)20(30)28-11-13(2)34(3,31)32)19-10-21(33-29-19,22(25,26)27)15-7-16(23)9-17(24)8-15/h4-9,13H,10-11H2,1-3H3,(H,28,30). The second kappa shape index (κ2) is 9.39. The molecule has 2 atom stereocenters. The van der Waals surface area contributed by atoms with Gasteiger partial charge in [0, 0.05) is 40.4 Å². The fourth-order valence-corrected chi connectivity index (χ4v) is 4.34. The first-order valence-corrected chi connectivity index (χ1v) is 12.7. The van der Waals surface area contributed by atoms with Crippen LogP contribution < -0.4 is 5.32 Å². The highest BCUT2D eigenvalue weighted by atomic mass is 35.5. The van der Waals surface area contributed by atoms with E-state index in [-0.39, 0.29) is 33.4 Å². The molecule has 2 aromatic carbocycles. The number of nitrogens with zero attached hydrogens (tertiary/aromatic N) is 1. The van der Waals surface area contributed by atoms with E-state index in [9.17, 15) is 26.4 Å². The van der Waals surface area contributed by atoms with Crippen LogP contribution in [-0.4, -0.2) is 44.3 Å². The van der Waals surface area contributed by atoms with Crippen molar-refractivity contribution >= 4 is 44.7 Å². The van der Waals surface area contributed by atoms with Crippen LogP contribution in [0.4, 0.5) is 13.2 Å². The number of hydrogen-bond donors (Lipinski definition) is 1. The van der Waals surface area contributed by atoms with Crippen molar-refractivity contribution in [2.45, 2.75) is 37.3 Å². The number of alkyl halides is 3. The average Bonchev–Trinajstić information content (AvgIpc) is 3.17. The van der Waals surface area contributed by atoms with Gasteiger partial charge in [-0.3, -0.25) is 4.79 Å². The molecule has 0 aliphatic carbocycles. The van der Waals surface area contributed by atoms with Crippen LogP contribution in [0.5, 0.6) is 0 Å². The van der Waals surface area contributed by atoms with Gasteiger partial charge in [0.05, 0.1) is 11.0 Å². The van der Waals surface area contributed by atoms with Crippen LogP contribution in [0.15, 0.2) is 41.6 Å². The lowest BCUT2D eigenvalue weighted by Gasteiger charge is -2.29. The van der Waals surface area contributed by atoms with E-state index in [1.54, 1.807) is 6.92 Å². The number of carbonyl (C=O) groups excluding carboxylic acids is 1. The maximum atomic E-state index is 14.2. The number of hydrogen-bond acceptors (Lipinski definition) is 5. The number of aryl methyl sites for hydroxylation is 1. The summed E-state index contributed by atoms with van der Waals surface area (Å²) >= 11 is 11.8. The first kappa shape index (κ1) is 26.3. The highest BCUT2D eigenvalue weighted by Gasteiger charge is 2.62. The zero-order chi connectivity index (χ0) is 25.5. The fraction of sp³-hybridized carbons (Fsp3) is 0.364. The zero-order valence-electron chi connectivity index (χ0n) is 18.3. The van der Waals surface area contributed by atoms with Gasteiger partial charge >= 0.3 is 6.18 Å². The Labute approximate surface area is 205 Å². The number of sulfone groups is 1. The third-order valence-corrected chi connectivity index (χ3v) is 7.66. The molecule has 34 heavy (non-hydrogen) atoms. The molecule has 0 fully saturated rings. The van der Waals surface area contributed by atoms with Crippen LogP contribution >= 0.6 is 23.2 Å². The maximum Gasteiger partial charge on any atom is 0.435 e. The number of oxime groups is 1. The van der Waals surface area contributed by atoms with Gasteiger partial charge in [0.15, 0.2) is 9.84 Å². The molecule has 0 spiro atoms. The highest BCUT2D eigenvalue weighted by Crippen LogP contribution is 2.49. The maximum absolute atomic E-state index is 14.2. The summed E-state index contributed by atoms with van der Waals surface area (Å²) in [6, 6.07) is 8.01. The van der Waals surface area contributed by atoms with Gasteiger partial charge in [-0.05, 0) is 55.3 Å². The Balaban J connectivity index is 1.85. The van der Waals surface area contributed by atoms with Crippen molar-refractivity contribution in [2.24, 2.45) is 5.16 Å². The van der Waals surface area contributed by atoms with Crippen LogP contribution in [0.2, 0.25) is 10.0 Å². The Morgan fingerprint density at radius 2 is 1.82 bits per heavy atom. The second-order valence-corrected chi connectivity index (χ2v) is 11.5. The van der Waals surface area contributed by atoms with Gasteiger partial charge in [0.2, 0.25) is 0 Å². The predicted molar refractivity (Wildman–Crippen MR) is 124 cm³/mol. The van der Waals surface area contributed by atoms with Crippen LogP contribution in [0.3, 0.4) is 0 Å². The number of amides is 1. The summed E-state index contributed by atoms with van der Waals surface area (Å²) in [5.74, 6) is -0.498. The Hall–Kier alpha value is -2.30. The van der Waals surface area contributed by atoms with E-state index in [1.165, 1.54) is 31.2 Å². The molecule has 0 saturated heterocycles. The largest absolute Gasteiger partial charge is 0.435 e. The van der Waals surface area contributed by atoms with E-state index in [2.05, 4.69) is 10.5 Å². The van der Waals surface area contributed by atoms with Crippen molar-refractivity contribution in [3.8, 4) is 0 Å². The van der Waals surface area contributed by atoms with Crippen LogP contribution in [0, 0.1) is 6.92 Å². The normalized spacial score (nSPS) is 19.4. The summed E-state index contributed by atoms with van der Waals surface area (Å²) in [5, 5.41) is 5.55. The van der Waals surface area contributed by atoms with Gasteiger partial charge in [0.25, 0.3) is 11.5 Å². The minimum absolute atomic E-state index is 0.0274. The molecular weight excluding hydrogens is 516 g/mol. The Morgan fingerprint density at radius 1 is 1.21 bits per heavy atom. The third-order valence-electron chi connectivity index (χ3n) is 5.60. The molecule has 2 aromatic rings. The minimum atomic E-state index is -4.82.